The Kier molecular flexibility index (Phi) is 5.20. The van der Waals surface area contributed by atoms with Crippen molar-refractivity contribution in [2.45, 2.75) is 26.2 Å². The molecule has 1 aromatic carbocycles. The van der Waals surface area contributed by atoms with Crippen LogP contribution in [0.2, 0.25) is 0 Å². The third kappa shape index (κ3) is 4.48. The summed E-state index contributed by atoms with van der Waals surface area (Å²) in [5.41, 5.74) is 1.20. The van der Waals surface area contributed by atoms with E-state index in [0.29, 0.717) is 18.9 Å². The van der Waals surface area contributed by atoms with Gasteiger partial charge in [-0.3, -0.25) is 0 Å². The monoisotopic (exact) mass is 290 g/mol. The number of carboxylic acid groups (broad SMARTS) is 1. The van der Waals surface area contributed by atoms with E-state index >= 15 is 0 Å². The molecular formula is C16H22N2O3. The SMILES string of the molecule is CC1CCN(C(=O)NCCc2cccc(C(=O)O)c2)CC1. The number of hydrogen-bond donors (Lipinski definition) is 2. The number of nitrogens with one attached hydrogen (secondary N) is 1. The van der Waals surface area contributed by atoms with Crippen LogP contribution in [0.3, 0.4) is 0 Å². The van der Waals surface area contributed by atoms with Crippen LogP contribution in [0, 0.1) is 5.92 Å². The number of urea groups is 1. The molecule has 0 unspecified atom stereocenters. The lowest BCUT2D eigenvalue weighted by atomic mass is 10.00. The molecule has 0 bridgehead atoms. The van der Waals surface area contributed by atoms with E-state index < -0.39 is 5.97 Å². The number of hydrogen-bond acceptors (Lipinski definition) is 2. The fourth-order valence-electron chi connectivity index (χ4n) is 2.50. The van der Waals surface area contributed by atoms with Gasteiger partial charge in [0.25, 0.3) is 0 Å². The molecule has 1 aromatic rings. The predicted molar refractivity (Wildman–Crippen MR) is 80.5 cm³/mol. The number of benzene rings is 1. The Balaban J connectivity index is 1.77. The molecule has 0 saturated carbocycles. The van der Waals surface area contributed by atoms with Crippen molar-refractivity contribution in [2.24, 2.45) is 5.92 Å². The second-order valence-electron chi connectivity index (χ2n) is 5.66. The zero-order chi connectivity index (χ0) is 15.2. The molecule has 1 aliphatic heterocycles. The molecule has 2 rings (SSSR count). The number of rotatable bonds is 4. The van der Waals surface area contributed by atoms with E-state index in [4.69, 9.17) is 5.11 Å². The highest BCUT2D eigenvalue weighted by Gasteiger charge is 2.19. The lowest BCUT2D eigenvalue weighted by molar-refractivity contribution is 0.0696. The van der Waals surface area contributed by atoms with Gasteiger partial charge in [0.1, 0.15) is 0 Å². The number of amides is 2. The van der Waals surface area contributed by atoms with Crippen LogP contribution in [0.25, 0.3) is 0 Å². The first kappa shape index (κ1) is 15.4. The zero-order valence-electron chi connectivity index (χ0n) is 12.3. The van der Waals surface area contributed by atoms with Gasteiger partial charge in [-0.15, -0.1) is 0 Å². The minimum absolute atomic E-state index is 0.0173. The molecule has 2 amide bonds. The van der Waals surface area contributed by atoms with Crippen molar-refractivity contribution in [3.8, 4) is 0 Å². The summed E-state index contributed by atoms with van der Waals surface area (Å²) < 4.78 is 0. The molecule has 0 aliphatic carbocycles. The Labute approximate surface area is 125 Å². The summed E-state index contributed by atoms with van der Waals surface area (Å²) in [5.74, 6) is -0.226. The average Bonchev–Trinajstić information content (AvgIpc) is 2.48. The largest absolute Gasteiger partial charge is 0.478 e. The normalized spacial score (nSPS) is 15.8. The molecule has 0 aromatic heterocycles. The number of carbonyl (C=O) groups is 2. The van der Waals surface area contributed by atoms with Crippen LogP contribution in [0.4, 0.5) is 4.79 Å². The quantitative estimate of drug-likeness (QED) is 0.894. The standard InChI is InChI=1S/C16H22N2O3/c1-12-6-9-18(10-7-12)16(21)17-8-5-13-3-2-4-14(11-13)15(19)20/h2-4,11-12H,5-10H2,1H3,(H,17,21)(H,19,20). The van der Waals surface area contributed by atoms with Crippen molar-refractivity contribution in [1.29, 1.82) is 0 Å². The Morgan fingerprint density at radius 2 is 2.05 bits per heavy atom. The molecule has 114 valence electrons. The molecule has 1 saturated heterocycles. The number of aromatic carboxylic acids is 1. The van der Waals surface area contributed by atoms with Crippen LogP contribution in [-0.2, 0) is 6.42 Å². The average molecular weight is 290 g/mol. The number of carboxylic acids is 1. The number of carbonyl (C=O) groups excluding carboxylic acids is 1. The highest BCUT2D eigenvalue weighted by molar-refractivity contribution is 5.87. The van der Waals surface area contributed by atoms with Gasteiger partial charge in [0.2, 0.25) is 0 Å². The molecule has 5 heteroatoms. The van der Waals surface area contributed by atoms with E-state index in [9.17, 15) is 9.59 Å². The Morgan fingerprint density at radius 3 is 2.71 bits per heavy atom. The third-order valence-electron chi connectivity index (χ3n) is 3.93. The van der Waals surface area contributed by atoms with Crippen LogP contribution in [0.1, 0.15) is 35.7 Å². The maximum Gasteiger partial charge on any atom is 0.335 e. The van der Waals surface area contributed by atoms with Crippen LogP contribution >= 0.6 is 0 Å². The zero-order valence-corrected chi connectivity index (χ0v) is 12.3. The molecule has 21 heavy (non-hydrogen) atoms. The first-order chi connectivity index (χ1) is 10.1. The molecule has 2 N–H and O–H groups in total. The van der Waals surface area contributed by atoms with Gasteiger partial charge in [0.05, 0.1) is 5.56 Å². The summed E-state index contributed by atoms with van der Waals surface area (Å²) in [6, 6.07) is 6.81. The van der Waals surface area contributed by atoms with Crippen molar-refractivity contribution in [2.75, 3.05) is 19.6 Å². The predicted octanol–water partition coefficient (Wildman–Crippen LogP) is 2.37. The van der Waals surface area contributed by atoms with Crippen LogP contribution < -0.4 is 5.32 Å². The summed E-state index contributed by atoms with van der Waals surface area (Å²) in [6.07, 6.45) is 2.76. The van der Waals surface area contributed by atoms with Crippen molar-refractivity contribution in [3.05, 3.63) is 35.4 Å². The summed E-state index contributed by atoms with van der Waals surface area (Å²) in [6.45, 7) is 4.38. The second kappa shape index (κ2) is 7.11. The summed E-state index contributed by atoms with van der Waals surface area (Å²) in [7, 11) is 0. The maximum atomic E-state index is 12.0. The highest BCUT2D eigenvalue weighted by atomic mass is 16.4. The highest BCUT2D eigenvalue weighted by Crippen LogP contribution is 2.15. The summed E-state index contributed by atoms with van der Waals surface area (Å²) in [5, 5.41) is 11.8. The minimum Gasteiger partial charge on any atom is -0.478 e. The van der Waals surface area contributed by atoms with Crippen LogP contribution in [0.5, 0.6) is 0 Å². The van der Waals surface area contributed by atoms with Gasteiger partial charge in [-0.05, 0) is 42.9 Å². The first-order valence-electron chi connectivity index (χ1n) is 7.41. The molecule has 1 heterocycles. The topological polar surface area (TPSA) is 69.6 Å². The van der Waals surface area contributed by atoms with Crippen molar-refractivity contribution in [1.82, 2.24) is 10.2 Å². The van der Waals surface area contributed by atoms with Crippen molar-refractivity contribution < 1.29 is 14.7 Å². The minimum atomic E-state index is -0.927. The Bertz CT molecular complexity index is 508. The molecule has 1 fully saturated rings. The third-order valence-corrected chi connectivity index (χ3v) is 3.93. The van der Waals surface area contributed by atoms with Gasteiger partial charge in [-0.2, -0.15) is 0 Å². The van der Waals surface area contributed by atoms with Crippen molar-refractivity contribution in [3.63, 3.8) is 0 Å². The van der Waals surface area contributed by atoms with E-state index in [1.807, 2.05) is 11.0 Å². The molecular weight excluding hydrogens is 268 g/mol. The fourth-order valence-corrected chi connectivity index (χ4v) is 2.50. The lowest BCUT2D eigenvalue weighted by Gasteiger charge is -2.30. The van der Waals surface area contributed by atoms with Crippen molar-refractivity contribution >= 4 is 12.0 Å². The maximum absolute atomic E-state index is 12.0. The summed E-state index contributed by atoms with van der Waals surface area (Å²) >= 11 is 0. The van der Waals surface area contributed by atoms with E-state index in [-0.39, 0.29) is 11.6 Å². The van der Waals surface area contributed by atoms with Gasteiger partial charge in [-0.25, -0.2) is 9.59 Å². The van der Waals surface area contributed by atoms with Gasteiger partial charge in [-0.1, -0.05) is 19.1 Å². The Hall–Kier alpha value is -2.04. The Morgan fingerprint density at radius 1 is 1.33 bits per heavy atom. The first-order valence-corrected chi connectivity index (χ1v) is 7.41. The van der Waals surface area contributed by atoms with Crippen LogP contribution in [0.15, 0.2) is 24.3 Å². The van der Waals surface area contributed by atoms with E-state index in [1.54, 1.807) is 18.2 Å². The molecule has 1 aliphatic rings. The van der Waals surface area contributed by atoms with Gasteiger partial charge < -0.3 is 15.3 Å². The van der Waals surface area contributed by atoms with Gasteiger partial charge in [0, 0.05) is 19.6 Å². The number of piperidine rings is 1. The van der Waals surface area contributed by atoms with Gasteiger partial charge in [0.15, 0.2) is 0 Å². The van der Waals surface area contributed by atoms with E-state index in [0.717, 1.165) is 31.5 Å². The van der Waals surface area contributed by atoms with Crippen LogP contribution in [-0.4, -0.2) is 41.6 Å². The molecule has 0 spiro atoms. The molecule has 0 atom stereocenters. The van der Waals surface area contributed by atoms with E-state index in [2.05, 4.69) is 12.2 Å². The summed E-state index contributed by atoms with van der Waals surface area (Å²) in [4.78, 5) is 24.7. The number of likely N-dealkylation sites (tertiary alicyclic amines) is 1. The lowest BCUT2D eigenvalue weighted by Crippen LogP contribution is -2.44. The fraction of sp³-hybridized carbons (Fsp3) is 0.500. The molecule has 0 radical (unpaired) electrons. The molecule has 5 nitrogen and oxygen atoms in total. The van der Waals surface area contributed by atoms with Gasteiger partial charge >= 0.3 is 12.0 Å². The van der Waals surface area contributed by atoms with E-state index in [1.165, 1.54) is 0 Å². The smallest absolute Gasteiger partial charge is 0.335 e. The number of nitrogens with zero attached hydrogens (tertiary/aromatic N) is 1. The second-order valence-corrected chi connectivity index (χ2v) is 5.66.